The average Bonchev–Trinajstić information content (AvgIpc) is 2.79. The molecule has 0 aliphatic carbocycles. The number of nitrogens with one attached hydrogen (secondary N) is 1. The Hall–Kier alpha value is -1.33. The van der Waals surface area contributed by atoms with E-state index in [1.165, 1.54) is 17.4 Å². The molecule has 1 atom stereocenters. The van der Waals surface area contributed by atoms with Crippen molar-refractivity contribution < 1.29 is 8.78 Å². The Kier molecular flexibility index (Phi) is 3.26. The molecule has 0 radical (unpaired) electrons. The highest BCUT2D eigenvalue weighted by Gasteiger charge is 2.19. The zero-order valence-electron chi connectivity index (χ0n) is 8.58. The largest absolute Gasteiger partial charge is 0.309 e. The summed E-state index contributed by atoms with van der Waals surface area (Å²) >= 11 is 1.40. The molecule has 0 fully saturated rings. The molecule has 2 rings (SSSR count). The highest BCUT2D eigenvalue weighted by Crippen LogP contribution is 2.27. The van der Waals surface area contributed by atoms with Gasteiger partial charge in [0.2, 0.25) is 0 Å². The van der Waals surface area contributed by atoms with E-state index in [9.17, 15) is 8.78 Å². The Balaban J connectivity index is 2.45. The lowest BCUT2D eigenvalue weighted by Crippen LogP contribution is -2.18. The first-order chi connectivity index (χ1) is 7.74. The van der Waals surface area contributed by atoms with E-state index in [2.05, 4.69) is 10.3 Å². The fraction of sp³-hybridized carbons (Fsp3) is 0.182. The number of nitrogens with zero attached hydrogens (tertiary/aromatic N) is 1. The third-order valence-electron chi connectivity index (χ3n) is 2.32. The highest BCUT2D eigenvalue weighted by molar-refractivity contribution is 7.09. The number of aromatic nitrogens is 1. The monoisotopic (exact) mass is 240 g/mol. The molecule has 1 unspecified atom stereocenters. The standard InChI is InChI=1S/C11H10F2N2S/c1-14-11(9-5-15-6-16-9)7-3-2-4-8(12)10(7)13/h2-6,11,14H,1H3. The molecule has 0 aliphatic heterocycles. The van der Waals surface area contributed by atoms with Gasteiger partial charge in [0.1, 0.15) is 0 Å². The van der Waals surface area contributed by atoms with Crippen LogP contribution in [0, 0.1) is 11.6 Å². The molecule has 5 heteroatoms. The fourth-order valence-electron chi connectivity index (χ4n) is 1.56. The SMILES string of the molecule is CNC(c1cncs1)c1cccc(F)c1F. The van der Waals surface area contributed by atoms with Gasteiger partial charge in [0.25, 0.3) is 0 Å². The summed E-state index contributed by atoms with van der Waals surface area (Å²) in [7, 11) is 1.70. The first-order valence-corrected chi connectivity index (χ1v) is 5.61. The second kappa shape index (κ2) is 4.67. The van der Waals surface area contributed by atoms with Crippen molar-refractivity contribution in [1.29, 1.82) is 0 Å². The first-order valence-electron chi connectivity index (χ1n) is 4.73. The van der Waals surface area contributed by atoms with E-state index in [0.29, 0.717) is 5.56 Å². The van der Waals surface area contributed by atoms with Crippen LogP contribution in [0.1, 0.15) is 16.5 Å². The third kappa shape index (κ3) is 1.96. The molecule has 16 heavy (non-hydrogen) atoms. The molecule has 0 amide bonds. The number of benzene rings is 1. The van der Waals surface area contributed by atoms with Gasteiger partial charge in [-0.05, 0) is 13.1 Å². The van der Waals surface area contributed by atoms with E-state index < -0.39 is 11.6 Å². The van der Waals surface area contributed by atoms with Crippen LogP contribution in [0.25, 0.3) is 0 Å². The molecule has 1 aromatic heterocycles. The van der Waals surface area contributed by atoms with Crippen molar-refractivity contribution in [3.8, 4) is 0 Å². The van der Waals surface area contributed by atoms with Crippen molar-refractivity contribution in [3.05, 3.63) is 52.0 Å². The molecule has 1 N–H and O–H groups in total. The quantitative estimate of drug-likeness (QED) is 0.892. The maximum Gasteiger partial charge on any atom is 0.163 e. The predicted octanol–water partition coefficient (Wildman–Crippen LogP) is 2.73. The lowest BCUT2D eigenvalue weighted by molar-refractivity contribution is 0.488. The fourth-order valence-corrected chi connectivity index (χ4v) is 2.31. The van der Waals surface area contributed by atoms with Gasteiger partial charge in [-0.1, -0.05) is 12.1 Å². The zero-order valence-corrected chi connectivity index (χ0v) is 9.39. The number of hydrogen-bond donors (Lipinski definition) is 1. The van der Waals surface area contributed by atoms with Crippen molar-refractivity contribution in [2.45, 2.75) is 6.04 Å². The van der Waals surface area contributed by atoms with Crippen molar-refractivity contribution in [2.24, 2.45) is 0 Å². The maximum absolute atomic E-state index is 13.6. The van der Waals surface area contributed by atoms with Crippen molar-refractivity contribution >= 4 is 11.3 Å². The molecule has 84 valence electrons. The van der Waals surface area contributed by atoms with Crippen LogP contribution in [-0.4, -0.2) is 12.0 Å². The van der Waals surface area contributed by atoms with Gasteiger partial charge in [0.05, 0.1) is 11.6 Å². The Labute approximate surface area is 96.0 Å². The van der Waals surface area contributed by atoms with Gasteiger partial charge in [-0.3, -0.25) is 4.98 Å². The average molecular weight is 240 g/mol. The summed E-state index contributed by atoms with van der Waals surface area (Å²) < 4.78 is 26.7. The van der Waals surface area contributed by atoms with Gasteiger partial charge < -0.3 is 5.32 Å². The Morgan fingerprint density at radius 3 is 2.81 bits per heavy atom. The summed E-state index contributed by atoms with van der Waals surface area (Å²) in [5.74, 6) is -1.64. The van der Waals surface area contributed by atoms with Crippen LogP contribution in [0.2, 0.25) is 0 Å². The Bertz CT molecular complexity index is 471. The number of thiazole rings is 1. The van der Waals surface area contributed by atoms with Crippen molar-refractivity contribution in [3.63, 3.8) is 0 Å². The van der Waals surface area contributed by atoms with Gasteiger partial charge in [0, 0.05) is 16.6 Å². The van der Waals surface area contributed by atoms with E-state index >= 15 is 0 Å². The van der Waals surface area contributed by atoms with Crippen LogP contribution >= 0.6 is 11.3 Å². The minimum absolute atomic E-state index is 0.298. The minimum Gasteiger partial charge on any atom is -0.309 e. The molecule has 0 saturated carbocycles. The zero-order chi connectivity index (χ0) is 11.5. The summed E-state index contributed by atoms with van der Waals surface area (Å²) in [6.07, 6.45) is 1.65. The van der Waals surface area contributed by atoms with Gasteiger partial charge >= 0.3 is 0 Å². The lowest BCUT2D eigenvalue weighted by atomic mass is 10.1. The molecular formula is C11H10F2N2S. The molecule has 2 nitrogen and oxygen atoms in total. The van der Waals surface area contributed by atoms with E-state index in [1.54, 1.807) is 24.8 Å². The molecule has 1 aromatic carbocycles. The smallest absolute Gasteiger partial charge is 0.163 e. The van der Waals surface area contributed by atoms with Crippen LogP contribution < -0.4 is 5.32 Å². The topological polar surface area (TPSA) is 24.9 Å². The summed E-state index contributed by atoms with van der Waals surface area (Å²) in [6, 6.07) is 3.82. The van der Waals surface area contributed by atoms with Crippen LogP contribution in [-0.2, 0) is 0 Å². The molecule has 0 aliphatic rings. The number of hydrogen-bond acceptors (Lipinski definition) is 3. The highest BCUT2D eigenvalue weighted by atomic mass is 32.1. The van der Waals surface area contributed by atoms with Crippen LogP contribution in [0.3, 0.4) is 0 Å². The number of rotatable bonds is 3. The summed E-state index contributed by atoms with van der Waals surface area (Å²) in [4.78, 5) is 4.78. The lowest BCUT2D eigenvalue weighted by Gasteiger charge is -2.15. The van der Waals surface area contributed by atoms with Gasteiger partial charge in [-0.15, -0.1) is 11.3 Å². The molecule has 0 spiro atoms. The van der Waals surface area contributed by atoms with E-state index in [0.717, 1.165) is 10.9 Å². The molecule has 2 aromatic rings. The maximum atomic E-state index is 13.6. The van der Waals surface area contributed by atoms with Gasteiger partial charge in [-0.2, -0.15) is 0 Å². The van der Waals surface area contributed by atoms with Gasteiger partial charge in [0.15, 0.2) is 11.6 Å². The van der Waals surface area contributed by atoms with Crippen LogP contribution in [0.5, 0.6) is 0 Å². The number of halogens is 2. The Morgan fingerprint density at radius 2 is 2.19 bits per heavy atom. The minimum atomic E-state index is -0.831. The molecule has 1 heterocycles. The molecular weight excluding hydrogens is 230 g/mol. The normalized spacial score (nSPS) is 12.7. The predicted molar refractivity (Wildman–Crippen MR) is 59.4 cm³/mol. The van der Waals surface area contributed by atoms with Crippen molar-refractivity contribution in [2.75, 3.05) is 7.05 Å². The van der Waals surface area contributed by atoms with Crippen LogP contribution in [0.15, 0.2) is 29.9 Å². The molecule has 0 saturated heterocycles. The first kappa shape index (κ1) is 11.2. The third-order valence-corrected chi connectivity index (χ3v) is 3.16. The second-order valence-electron chi connectivity index (χ2n) is 3.27. The summed E-state index contributed by atoms with van der Waals surface area (Å²) in [5.41, 5.74) is 1.96. The summed E-state index contributed by atoms with van der Waals surface area (Å²) in [6.45, 7) is 0. The van der Waals surface area contributed by atoms with Crippen LogP contribution in [0.4, 0.5) is 8.78 Å². The van der Waals surface area contributed by atoms with E-state index in [1.807, 2.05) is 0 Å². The van der Waals surface area contributed by atoms with E-state index in [4.69, 9.17) is 0 Å². The van der Waals surface area contributed by atoms with Crippen molar-refractivity contribution in [1.82, 2.24) is 10.3 Å². The summed E-state index contributed by atoms with van der Waals surface area (Å²) in [5, 5.41) is 2.95. The Morgan fingerprint density at radius 1 is 1.38 bits per heavy atom. The second-order valence-corrected chi connectivity index (χ2v) is 4.19. The van der Waals surface area contributed by atoms with Gasteiger partial charge in [-0.25, -0.2) is 8.78 Å². The van der Waals surface area contributed by atoms with E-state index in [-0.39, 0.29) is 6.04 Å². The molecule has 0 bridgehead atoms.